The van der Waals surface area contributed by atoms with Crippen LogP contribution < -0.4 is 20.9 Å². The number of hydrogen-bond acceptors (Lipinski definition) is 9. The molecule has 41 heavy (non-hydrogen) atoms. The molecule has 0 unspecified atom stereocenters. The minimum Gasteiger partial charge on any atom is -0.497 e. The van der Waals surface area contributed by atoms with Crippen LogP contribution in [0.1, 0.15) is 24.3 Å². The molecule has 2 heterocycles. The molecule has 1 aromatic heterocycles. The average Bonchev–Trinajstić information content (AvgIpc) is 3.27. The third-order valence-corrected chi connectivity index (χ3v) is 7.19. The van der Waals surface area contributed by atoms with Crippen molar-refractivity contribution in [1.29, 1.82) is 0 Å². The highest BCUT2D eigenvalue weighted by atomic mass is 16.6. The van der Waals surface area contributed by atoms with Crippen LogP contribution in [0.4, 0.5) is 5.82 Å². The molecular weight excluding hydrogens is 526 g/mol. The van der Waals surface area contributed by atoms with E-state index in [0.29, 0.717) is 11.5 Å². The zero-order valence-electron chi connectivity index (χ0n) is 24.0. The van der Waals surface area contributed by atoms with Gasteiger partial charge < -0.3 is 34.5 Å². The molecule has 4 atom stereocenters. The normalized spacial score (nSPS) is 22.7. The summed E-state index contributed by atoms with van der Waals surface area (Å²) in [5.74, 6) is 1.38. The third-order valence-electron chi connectivity index (χ3n) is 7.19. The predicted octanol–water partition coefficient (Wildman–Crippen LogP) is 3.12. The van der Waals surface area contributed by atoms with Crippen molar-refractivity contribution in [2.24, 2.45) is 0 Å². The molecule has 0 bridgehead atoms. The van der Waals surface area contributed by atoms with E-state index in [4.69, 9.17) is 30.8 Å². The van der Waals surface area contributed by atoms with Gasteiger partial charge in [-0.2, -0.15) is 4.98 Å². The van der Waals surface area contributed by atoms with Crippen molar-refractivity contribution in [3.8, 4) is 11.5 Å². The van der Waals surface area contributed by atoms with Crippen LogP contribution in [0.3, 0.4) is 0 Å². The topological polar surface area (TPSA) is 127 Å². The van der Waals surface area contributed by atoms with Crippen molar-refractivity contribution in [1.82, 2.24) is 9.55 Å². The Balaban J connectivity index is 1.59. The third kappa shape index (κ3) is 5.42. The molecule has 0 amide bonds. The monoisotopic (exact) mass is 560 g/mol. The number of methoxy groups -OCH3 is 3. The van der Waals surface area contributed by atoms with Gasteiger partial charge >= 0.3 is 5.69 Å². The molecular formula is C31H33N3O7. The van der Waals surface area contributed by atoms with Crippen LogP contribution in [0.2, 0.25) is 0 Å². The zero-order chi connectivity index (χ0) is 29.9. The van der Waals surface area contributed by atoms with Crippen LogP contribution >= 0.6 is 0 Å². The minimum atomic E-state index is -2.29. The van der Waals surface area contributed by atoms with Gasteiger partial charge in [0.15, 0.2) is 6.23 Å². The molecule has 10 heteroatoms. The molecule has 3 N–H and O–H groups in total. The molecule has 0 spiro atoms. The lowest BCUT2D eigenvalue weighted by atomic mass is 9.80. The summed E-state index contributed by atoms with van der Waals surface area (Å²) >= 11 is 0. The highest BCUT2D eigenvalue weighted by Gasteiger charge is 2.47. The first-order valence-electron chi connectivity index (χ1n) is 13.5. The molecule has 214 valence electrons. The summed E-state index contributed by atoms with van der Waals surface area (Å²) in [5, 5.41) is 11.4. The second-order valence-electron chi connectivity index (χ2n) is 9.45. The number of hydrogen-bond donors (Lipinski definition) is 2. The Morgan fingerprint density at radius 1 is 0.927 bits per heavy atom. The molecule has 1 aliphatic rings. The SMILES string of the molecule is [2H][C@@]1(O)[C@@H](COC(c2ccccc2)(c2ccc(OC)cc2)c2ccc(OC)cc2)O[C@@H](n2ccc(N)nc2=O)[C@@H]1OC. The number of rotatable bonds is 10. The Labute approximate surface area is 239 Å². The van der Waals surface area contributed by atoms with Gasteiger partial charge in [-0.3, -0.25) is 4.57 Å². The van der Waals surface area contributed by atoms with E-state index in [1.165, 1.54) is 19.4 Å². The van der Waals surface area contributed by atoms with Gasteiger partial charge in [0.05, 0.1) is 22.2 Å². The van der Waals surface area contributed by atoms with Gasteiger partial charge in [-0.15, -0.1) is 0 Å². The Kier molecular flexibility index (Phi) is 7.97. The van der Waals surface area contributed by atoms with E-state index in [1.54, 1.807) is 14.2 Å². The van der Waals surface area contributed by atoms with Gasteiger partial charge in [0.25, 0.3) is 0 Å². The first-order chi connectivity index (χ1) is 20.2. The maximum Gasteiger partial charge on any atom is 0.351 e. The Bertz CT molecular complexity index is 1500. The Hall–Kier alpha value is -4.22. The van der Waals surface area contributed by atoms with Crippen molar-refractivity contribution in [3.05, 3.63) is 118 Å². The first kappa shape index (κ1) is 27.0. The van der Waals surface area contributed by atoms with E-state index in [2.05, 4.69) is 4.98 Å². The van der Waals surface area contributed by atoms with E-state index in [1.807, 2.05) is 78.9 Å². The van der Waals surface area contributed by atoms with Gasteiger partial charge in [0.2, 0.25) is 0 Å². The summed E-state index contributed by atoms with van der Waals surface area (Å²) in [6.45, 7) is -0.250. The van der Waals surface area contributed by atoms with Crippen LogP contribution in [0.25, 0.3) is 0 Å². The lowest BCUT2D eigenvalue weighted by molar-refractivity contribution is -0.0966. The summed E-state index contributed by atoms with van der Waals surface area (Å²) in [5.41, 5.74) is 6.08. The molecule has 0 aliphatic carbocycles. The fourth-order valence-electron chi connectivity index (χ4n) is 5.11. The molecule has 1 saturated heterocycles. The lowest BCUT2D eigenvalue weighted by Gasteiger charge is -2.37. The van der Waals surface area contributed by atoms with E-state index in [9.17, 15) is 9.90 Å². The highest BCUT2D eigenvalue weighted by molar-refractivity contribution is 5.49. The summed E-state index contributed by atoms with van der Waals surface area (Å²) in [6, 6.07) is 26.0. The van der Waals surface area contributed by atoms with Crippen molar-refractivity contribution >= 4 is 5.82 Å². The predicted molar refractivity (Wildman–Crippen MR) is 152 cm³/mol. The van der Waals surface area contributed by atoms with Crippen molar-refractivity contribution in [2.45, 2.75) is 30.1 Å². The summed E-state index contributed by atoms with van der Waals surface area (Å²) in [7, 11) is 4.52. The Morgan fingerprint density at radius 3 is 2.00 bits per heavy atom. The number of nitrogens with two attached hydrogens (primary N) is 1. The smallest absolute Gasteiger partial charge is 0.351 e. The molecule has 1 fully saturated rings. The van der Waals surface area contributed by atoms with E-state index in [0.717, 1.165) is 21.3 Å². The number of aliphatic hydroxyl groups is 1. The molecule has 5 rings (SSSR count). The lowest BCUT2D eigenvalue weighted by Crippen LogP contribution is -2.40. The zero-order valence-corrected chi connectivity index (χ0v) is 23.0. The number of aromatic nitrogens is 2. The second-order valence-corrected chi connectivity index (χ2v) is 9.45. The first-order valence-corrected chi connectivity index (χ1v) is 13.0. The number of nitrogen functional groups attached to an aromatic ring is 1. The van der Waals surface area contributed by atoms with E-state index >= 15 is 0 Å². The number of benzene rings is 3. The number of nitrogens with zero attached hydrogens (tertiary/aromatic N) is 2. The van der Waals surface area contributed by atoms with Crippen LogP contribution in [0, 0.1) is 0 Å². The minimum absolute atomic E-state index is 0.0378. The van der Waals surface area contributed by atoms with Crippen LogP contribution in [0.5, 0.6) is 11.5 Å². The van der Waals surface area contributed by atoms with Crippen molar-refractivity contribution in [3.63, 3.8) is 0 Å². The van der Waals surface area contributed by atoms with Crippen LogP contribution in [0.15, 0.2) is 95.9 Å². The van der Waals surface area contributed by atoms with E-state index in [-0.39, 0.29) is 12.4 Å². The maximum atomic E-state index is 12.6. The van der Waals surface area contributed by atoms with Crippen molar-refractivity contribution < 1.29 is 30.2 Å². The number of ether oxygens (including phenoxy) is 5. The van der Waals surface area contributed by atoms with Gasteiger partial charge in [0.1, 0.15) is 41.2 Å². The quantitative estimate of drug-likeness (QED) is 0.281. The van der Waals surface area contributed by atoms with E-state index < -0.39 is 35.8 Å². The molecule has 0 radical (unpaired) electrons. The molecule has 0 saturated carbocycles. The van der Waals surface area contributed by atoms with Gasteiger partial charge in [-0.25, -0.2) is 4.79 Å². The van der Waals surface area contributed by atoms with Crippen LogP contribution in [-0.2, 0) is 19.8 Å². The average molecular weight is 561 g/mol. The summed E-state index contributed by atoms with van der Waals surface area (Å²) in [4.78, 5) is 16.4. The van der Waals surface area contributed by atoms with Gasteiger partial charge in [0, 0.05) is 13.3 Å². The van der Waals surface area contributed by atoms with Crippen LogP contribution in [-0.4, -0.2) is 60.9 Å². The maximum absolute atomic E-state index is 12.6. The summed E-state index contributed by atoms with van der Waals surface area (Å²) < 4.78 is 39.2. The molecule has 4 aromatic rings. The molecule has 1 aliphatic heterocycles. The van der Waals surface area contributed by atoms with Gasteiger partial charge in [-0.1, -0.05) is 54.6 Å². The standard InChI is InChI=1S/C31H33N3O7/c1-37-23-13-9-21(10-14-23)31(20-7-5-4-6-8-20,22-11-15-24(38-2)16-12-22)40-19-25-27(35)28(39-3)29(41-25)34-18-17-26(32)33-30(34)36/h4-18,25,27-29,35H,19H2,1-3H3,(H2,32,33,36)/t25-,27-,28-,29-/m1/s1/i27D. The highest BCUT2D eigenvalue weighted by Crippen LogP contribution is 2.43. The fourth-order valence-corrected chi connectivity index (χ4v) is 5.11. The number of anilines is 1. The second kappa shape index (κ2) is 12.1. The Morgan fingerprint density at radius 2 is 1.49 bits per heavy atom. The van der Waals surface area contributed by atoms with Crippen molar-refractivity contribution in [2.75, 3.05) is 33.7 Å². The fraction of sp³-hybridized carbons (Fsp3) is 0.290. The van der Waals surface area contributed by atoms with Gasteiger partial charge in [-0.05, 0) is 47.0 Å². The molecule has 10 nitrogen and oxygen atoms in total. The molecule has 3 aromatic carbocycles. The largest absolute Gasteiger partial charge is 0.497 e. The summed E-state index contributed by atoms with van der Waals surface area (Å²) in [6.07, 6.45) is -4.51.